The van der Waals surface area contributed by atoms with Crippen LogP contribution in [0.3, 0.4) is 0 Å². The Hall–Kier alpha value is -5.02. The van der Waals surface area contributed by atoms with Gasteiger partial charge >= 0.3 is 12.1 Å². The zero-order valence-electron chi connectivity index (χ0n) is 28.2. The zero-order chi connectivity index (χ0) is 35.9. The highest BCUT2D eigenvalue weighted by molar-refractivity contribution is 5.99. The van der Waals surface area contributed by atoms with Crippen molar-refractivity contribution in [3.8, 4) is 5.75 Å². The summed E-state index contributed by atoms with van der Waals surface area (Å²) in [5.41, 5.74) is 0.241. The Bertz CT molecular complexity index is 1640. The van der Waals surface area contributed by atoms with Crippen LogP contribution in [0, 0.1) is 12.7 Å². The van der Waals surface area contributed by atoms with Gasteiger partial charge in [-0.1, -0.05) is 0 Å². The number of aryl methyl sites for hydroxylation is 1. The number of amides is 5. The van der Waals surface area contributed by atoms with E-state index in [1.165, 1.54) is 39.8 Å². The number of carboxylic acid groups (broad SMARTS) is 1. The number of hydrogen-bond acceptors (Lipinski definition) is 9. The minimum atomic E-state index is -1.23. The lowest BCUT2D eigenvalue weighted by molar-refractivity contribution is -0.140. The SMILES string of the molecule is CCOC(=O)N1CCN(C(=O)[C@H](CCC(=O)O)NC(=O)c2cc(OCC(=O)N3CCC[C@H]3C(=O)NC3CCC3)c3cc(F)c(C)cc3n2)CC1. The van der Waals surface area contributed by atoms with E-state index in [1.54, 1.807) is 6.92 Å². The van der Waals surface area contributed by atoms with Crippen LogP contribution in [-0.4, -0.2) is 125 Å². The van der Waals surface area contributed by atoms with Crippen LogP contribution in [0.15, 0.2) is 18.2 Å². The first-order chi connectivity index (χ1) is 23.9. The van der Waals surface area contributed by atoms with E-state index in [0.717, 1.165) is 19.3 Å². The first kappa shape index (κ1) is 36.3. The first-order valence-corrected chi connectivity index (χ1v) is 17.0. The topological polar surface area (TPSA) is 188 Å². The maximum Gasteiger partial charge on any atom is 0.409 e. The molecule has 1 saturated carbocycles. The summed E-state index contributed by atoms with van der Waals surface area (Å²) in [5, 5.41) is 15.1. The van der Waals surface area contributed by atoms with Gasteiger partial charge in [-0.2, -0.15) is 0 Å². The number of rotatable bonds is 12. The van der Waals surface area contributed by atoms with E-state index in [0.29, 0.717) is 19.4 Å². The fourth-order valence-electron chi connectivity index (χ4n) is 6.27. The second-order valence-electron chi connectivity index (χ2n) is 12.8. The van der Waals surface area contributed by atoms with E-state index in [1.807, 2.05) is 0 Å². The number of benzene rings is 1. The molecule has 5 amide bonds. The van der Waals surface area contributed by atoms with E-state index in [-0.39, 0.29) is 79.1 Å². The smallest absolute Gasteiger partial charge is 0.409 e. The Labute approximate surface area is 288 Å². The van der Waals surface area contributed by atoms with Crippen molar-refractivity contribution in [1.29, 1.82) is 0 Å². The van der Waals surface area contributed by atoms with E-state index >= 15 is 0 Å². The van der Waals surface area contributed by atoms with Gasteiger partial charge in [-0.25, -0.2) is 14.2 Å². The van der Waals surface area contributed by atoms with E-state index < -0.39 is 60.7 Å². The molecule has 270 valence electrons. The van der Waals surface area contributed by atoms with Crippen LogP contribution in [0.1, 0.15) is 67.9 Å². The molecule has 3 fully saturated rings. The second-order valence-corrected chi connectivity index (χ2v) is 12.8. The Morgan fingerprint density at radius 2 is 1.72 bits per heavy atom. The number of likely N-dealkylation sites (tertiary alicyclic amines) is 1. The minimum Gasteiger partial charge on any atom is -0.483 e. The number of carbonyl (C=O) groups is 6. The molecule has 1 aliphatic carbocycles. The highest BCUT2D eigenvalue weighted by atomic mass is 19.1. The quantitative estimate of drug-likeness (QED) is 0.296. The molecule has 3 N–H and O–H groups in total. The molecule has 0 unspecified atom stereocenters. The molecule has 0 spiro atoms. The van der Waals surface area contributed by atoms with Gasteiger partial charge in [0.25, 0.3) is 11.8 Å². The van der Waals surface area contributed by atoms with Crippen LogP contribution in [0.4, 0.5) is 9.18 Å². The summed E-state index contributed by atoms with van der Waals surface area (Å²) in [6.07, 6.45) is 2.96. The second kappa shape index (κ2) is 16.1. The summed E-state index contributed by atoms with van der Waals surface area (Å²) in [4.78, 5) is 85.6. The Balaban J connectivity index is 1.32. The molecule has 0 bridgehead atoms. The Morgan fingerprint density at radius 1 is 1.00 bits per heavy atom. The molecule has 2 saturated heterocycles. The molecule has 5 rings (SSSR count). The summed E-state index contributed by atoms with van der Waals surface area (Å²) in [7, 11) is 0. The Morgan fingerprint density at radius 3 is 2.38 bits per heavy atom. The van der Waals surface area contributed by atoms with Gasteiger partial charge in [0.1, 0.15) is 29.3 Å². The van der Waals surface area contributed by atoms with Gasteiger partial charge in [0.2, 0.25) is 11.8 Å². The lowest BCUT2D eigenvalue weighted by Crippen LogP contribution is -2.56. The monoisotopic (exact) mass is 698 g/mol. The van der Waals surface area contributed by atoms with Crippen molar-refractivity contribution in [2.24, 2.45) is 0 Å². The van der Waals surface area contributed by atoms with Crippen molar-refractivity contribution < 1.29 is 47.7 Å². The number of carbonyl (C=O) groups excluding carboxylic acids is 5. The van der Waals surface area contributed by atoms with Gasteiger partial charge in [0.05, 0.1) is 12.1 Å². The van der Waals surface area contributed by atoms with Gasteiger partial charge in [-0.3, -0.25) is 24.0 Å². The van der Waals surface area contributed by atoms with Crippen molar-refractivity contribution in [3.05, 3.63) is 35.3 Å². The predicted molar refractivity (Wildman–Crippen MR) is 176 cm³/mol. The Kier molecular flexibility index (Phi) is 11.7. The molecule has 3 heterocycles. The maximum absolute atomic E-state index is 14.7. The van der Waals surface area contributed by atoms with Gasteiger partial charge in [0, 0.05) is 56.6 Å². The molecule has 2 aliphatic heterocycles. The van der Waals surface area contributed by atoms with Crippen molar-refractivity contribution >= 4 is 46.6 Å². The number of carboxylic acids is 1. The van der Waals surface area contributed by atoms with Crippen molar-refractivity contribution in [3.63, 3.8) is 0 Å². The van der Waals surface area contributed by atoms with Gasteiger partial charge in [0.15, 0.2) is 6.61 Å². The lowest BCUT2D eigenvalue weighted by atomic mass is 9.93. The third kappa shape index (κ3) is 8.58. The number of nitrogens with one attached hydrogen (secondary N) is 2. The average Bonchev–Trinajstić information content (AvgIpc) is 3.58. The zero-order valence-corrected chi connectivity index (χ0v) is 28.2. The summed E-state index contributed by atoms with van der Waals surface area (Å²) in [6, 6.07) is 2.14. The first-order valence-electron chi connectivity index (χ1n) is 17.0. The third-order valence-electron chi connectivity index (χ3n) is 9.33. The van der Waals surface area contributed by atoms with Crippen LogP contribution in [-0.2, 0) is 23.9 Å². The van der Waals surface area contributed by atoms with Gasteiger partial charge < -0.3 is 39.9 Å². The molecule has 2 aromatic rings. The fraction of sp³-hybridized carbons (Fsp3) is 0.559. The maximum atomic E-state index is 14.7. The predicted octanol–water partition coefficient (Wildman–Crippen LogP) is 1.98. The molecule has 0 radical (unpaired) electrons. The molecule has 1 aromatic carbocycles. The average molecular weight is 699 g/mol. The normalized spacial score (nSPS) is 18.3. The number of halogens is 1. The number of aliphatic carboxylic acids is 1. The molecule has 2 atom stereocenters. The van der Waals surface area contributed by atoms with E-state index in [4.69, 9.17) is 9.47 Å². The van der Waals surface area contributed by atoms with Crippen molar-refractivity contribution in [2.45, 2.75) is 76.9 Å². The number of fused-ring (bicyclic) bond motifs is 1. The summed E-state index contributed by atoms with van der Waals surface area (Å²) >= 11 is 0. The summed E-state index contributed by atoms with van der Waals surface area (Å²) in [6.45, 7) is 4.04. The standard InChI is InChI=1S/C34H43FN6O9/c1-3-49-34(48)40-14-12-39(13-15-40)33(47)24(9-10-30(43)44)38-31(45)26-18-28(22-17-23(35)20(2)16-25(22)37-26)50-19-29(42)41-11-5-8-27(41)32(46)36-21-6-4-7-21/h16-18,21,24,27H,3-15,19H2,1-2H3,(H,36,46)(H,38,45)(H,43,44)/t24-,27-/m0/s1. The number of pyridine rings is 1. The number of hydrogen-bond donors (Lipinski definition) is 3. The summed E-state index contributed by atoms with van der Waals surface area (Å²) < 4.78 is 25.6. The molecule has 15 nitrogen and oxygen atoms in total. The minimum absolute atomic E-state index is 0.00873. The number of piperazine rings is 1. The van der Waals surface area contributed by atoms with E-state index in [2.05, 4.69) is 15.6 Å². The van der Waals surface area contributed by atoms with Crippen LogP contribution < -0.4 is 15.4 Å². The molecule has 16 heteroatoms. The van der Waals surface area contributed by atoms with E-state index in [9.17, 15) is 38.3 Å². The molecule has 50 heavy (non-hydrogen) atoms. The fourth-order valence-corrected chi connectivity index (χ4v) is 6.27. The molecular formula is C34H43FN6O9. The van der Waals surface area contributed by atoms with Crippen molar-refractivity contribution in [1.82, 2.24) is 30.3 Å². The molecular weight excluding hydrogens is 655 g/mol. The van der Waals surface area contributed by atoms with Crippen LogP contribution in [0.25, 0.3) is 10.9 Å². The highest BCUT2D eigenvalue weighted by Crippen LogP contribution is 2.29. The van der Waals surface area contributed by atoms with Gasteiger partial charge in [-0.15, -0.1) is 0 Å². The van der Waals surface area contributed by atoms with Crippen LogP contribution in [0.2, 0.25) is 0 Å². The van der Waals surface area contributed by atoms with Crippen LogP contribution in [0.5, 0.6) is 5.75 Å². The van der Waals surface area contributed by atoms with Crippen LogP contribution >= 0.6 is 0 Å². The third-order valence-corrected chi connectivity index (χ3v) is 9.33. The van der Waals surface area contributed by atoms with Crippen molar-refractivity contribution in [2.75, 3.05) is 45.9 Å². The molecule has 1 aromatic heterocycles. The lowest BCUT2D eigenvalue weighted by Gasteiger charge is -2.35. The number of aromatic nitrogens is 1. The molecule has 3 aliphatic rings. The van der Waals surface area contributed by atoms with Gasteiger partial charge in [-0.05, 0) is 70.1 Å². The largest absolute Gasteiger partial charge is 0.483 e. The summed E-state index contributed by atoms with van der Waals surface area (Å²) in [5.74, 6) is -3.70. The number of ether oxygens (including phenoxy) is 2. The number of nitrogens with zero attached hydrogens (tertiary/aromatic N) is 4. The highest BCUT2D eigenvalue weighted by Gasteiger charge is 2.36.